The van der Waals surface area contributed by atoms with Gasteiger partial charge in [0.2, 0.25) is 0 Å². The third-order valence-corrected chi connectivity index (χ3v) is 5.02. The maximum Gasteiger partial charge on any atom is 0.329 e. The van der Waals surface area contributed by atoms with Crippen molar-refractivity contribution in [2.75, 3.05) is 18.5 Å². The summed E-state index contributed by atoms with van der Waals surface area (Å²) in [5.74, 6) is -1.20. The summed E-state index contributed by atoms with van der Waals surface area (Å²) < 4.78 is 11.9. The van der Waals surface area contributed by atoms with E-state index in [1.54, 1.807) is 26.0 Å². The summed E-state index contributed by atoms with van der Waals surface area (Å²) in [5.41, 5.74) is 5.43. The lowest BCUT2D eigenvalue weighted by atomic mass is 10.1. The van der Waals surface area contributed by atoms with Crippen LogP contribution < -0.4 is 25.5 Å². The molecule has 2 aromatic carbocycles. The zero-order valence-corrected chi connectivity index (χ0v) is 21.4. The summed E-state index contributed by atoms with van der Waals surface area (Å²) in [6.45, 7) is 9.31. The van der Waals surface area contributed by atoms with Crippen molar-refractivity contribution in [2.24, 2.45) is 5.10 Å². The van der Waals surface area contributed by atoms with Crippen LogP contribution in [0, 0.1) is 13.8 Å². The smallest absolute Gasteiger partial charge is 0.329 e. The van der Waals surface area contributed by atoms with Crippen LogP contribution in [0.5, 0.6) is 11.5 Å². The molecule has 0 spiro atoms. The molecular weight excluding hydrogens is 504 g/mol. The van der Waals surface area contributed by atoms with Crippen LogP contribution in [-0.2, 0) is 14.4 Å². The second-order valence-electron chi connectivity index (χ2n) is 7.69. The van der Waals surface area contributed by atoms with Gasteiger partial charge in [0.1, 0.15) is 0 Å². The van der Waals surface area contributed by atoms with Gasteiger partial charge in [-0.15, -0.1) is 0 Å². The molecule has 10 heteroatoms. The number of amides is 3. The largest absolute Gasteiger partial charge is 0.490 e. The topological polar surface area (TPSA) is 118 Å². The van der Waals surface area contributed by atoms with Crippen molar-refractivity contribution >= 4 is 45.6 Å². The van der Waals surface area contributed by atoms with Gasteiger partial charge in [0.25, 0.3) is 5.91 Å². The number of hydrazone groups is 1. The molecule has 2 rings (SSSR count). The molecule has 3 N–H and O–H groups in total. The van der Waals surface area contributed by atoms with Gasteiger partial charge in [0.05, 0.1) is 17.3 Å². The van der Waals surface area contributed by atoms with Crippen LogP contribution >= 0.6 is 15.9 Å². The highest BCUT2D eigenvalue weighted by atomic mass is 79.9. The maximum absolute atomic E-state index is 12.5. The number of ether oxygens (including phenoxy) is 2. The fourth-order valence-electron chi connectivity index (χ4n) is 2.93. The molecule has 2 aromatic rings. The lowest BCUT2D eigenvalue weighted by Gasteiger charge is -2.15. The first-order chi connectivity index (χ1) is 16.1. The average molecular weight is 533 g/mol. The van der Waals surface area contributed by atoms with Gasteiger partial charge < -0.3 is 20.1 Å². The predicted octanol–water partition coefficient (Wildman–Crippen LogP) is 3.46. The normalized spacial score (nSPS) is 10.8. The average Bonchev–Trinajstić information content (AvgIpc) is 2.75. The van der Waals surface area contributed by atoms with Gasteiger partial charge in [0.15, 0.2) is 18.1 Å². The van der Waals surface area contributed by atoms with Crippen LogP contribution in [0.15, 0.2) is 39.9 Å². The zero-order valence-electron chi connectivity index (χ0n) is 19.8. The van der Waals surface area contributed by atoms with E-state index in [-0.39, 0.29) is 18.6 Å². The maximum atomic E-state index is 12.5. The molecule has 0 radical (unpaired) electrons. The fraction of sp³-hybridized carbons (Fsp3) is 0.333. The minimum Gasteiger partial charge on any atom is -0.490 e. The van der Waals surface area contributed by atoms with Gasteiger partial charge in [-0.3, -0.25) is 14.4 Å². The lowest BCUT2D eigenvalue weighted by molar-refractivity contribution is -0.139. The molecule has 0 aliphatic rings. The molecule has 0 unspecified atom stereocenters. The van der Waals surface area contributed by atoms with Gasteiger partial charge >= 0.3 is 11.8 Å². The highest BCUT2D eigenvalue weighted by Gasteiger charge is 2.16. The second-order valence-corrected chi connectivity index (χ2v) is 8.55. The van der Waals surface area contributed by atoms with Crippen LogP contribution in [-0.4, -0.2) is 43.2 Å². The van der Waals surface area contributed by atoms with Gasteiger partial charge in [-0.2, -0.15) is 5.10 Å². The SMILES string of the molecule is CCOc1cc(/C=N\NC(=O)C(=O)NC(C)C)cc(Br)c1OCC(=O)Nc1c(C)cccc1C. The molecule has 182 valence electrons. The number of nitrogens with one attached hydrogen (secondary N) is 3. The van der Waals surface area contributed by atoms with Crippen LogP contribution in [0.4, 0.5) is 5.69 Å². The van der Waals surface area contributed by atoms with Crippen molar-refractivity contribution in [1.82, 2.24) is 10.7 Å². The van der Waals surface area contributed by atoms with Crippen LogP contribution in [0.2, 0.25) is 0 Å². The monoisotopic (exact) mass is 532 g/mol. The first kappa shape index (κ1) is 26.8. The van der Waals surface area contributed by atoms with E-state index in [1.807, 2.05) is 39.0 Å². The number of anilines is 1. The third-order valence-electron chi connectivity index (χ3n) is 4.43. The molecule has 0 saturated heterocycles. The number of aryl methyl sites for hydroxylation is 2. The second kappa shape index (κ2) is 12.7. The summed E-state index contributed by atoms with van der Waals surface area (Å²) in [7, 11) is 0. The van der Waals surface area contributed by atoms with E-state index < -0.39 is 11.8 Å². The van der Waals surface area contributed by atoms with Crippen LogP contribution in [0.3, 0.4) is 0 Å². The molecule has 34 heavy (non-hydrogen) atoms. The zero-order chi connectivity index (χ0) is 25.3. The van der Waals surface area contributed by atoms with Crippen molar-refractivity contribution in [3.05, 3.63) is 51.5 Å². The number of carbonyl (C=O) groups is 3. The summed E-state index contributed by atoms with van der Waals surface area (Å²) in [6.07, 6.45) is 1.37. The molecule has 0 atom stereocenters. The molecule has 0 fully saturated rings. The van der Waals surface area contributed by atoms with E-state index in [0.29, 0.717) is 28.1 Å². The Morgan fingerprint density at radius 2 is 1.76 bits per heavy atom. The summed E-state index contributed by atoms with van der Waals surface area (Å²) >= 11 is 3.43. The van der Waals surface area contributed by atoms with Crippen molar-refractivity contribution in [1.29, 1.82) is 0 Å². The Hall–Kier alpha value is -3.40. The Kier molecular flexibility index (Phi) is 10.1. The Labute approximate surface area is 207 Å². The van der Waals surface area contributed by atoms with E-state index in [4.69, 9.17) is 9.47 Å². The van der Waals surface area contributed by atoms with E-state index in [2.05, 4.69) is 37.1 Å². The molecule has 0 aliphatic carbocycles. The number of hydrogen-bond donors (Lipinski definition) is 3. The van der Waals surface area contributed by atoms with E-state index in [0.717, 1.165) is 16.8 Å². The summed E-state index contributed by atoms with van der Waals surface area (Å²) in [4.78, 5) is 35.9. The summed E-state index contributed by atoms with van der Waals surface area (Å²) in [5, 5.41) is 9.17. The van der Waals surface area contributed by atoms with Crippen molar-refractivity contribution in [2.45, 2.75) is 40.7 Å². The number of carbonyl (C=O) groups excluding carboxylic acids is 3. The summed E-state index contributed by atoms with van der Waals surface area (Å²) in [6, 6.07) is 8.95. The minimum atomic E-state index is -0.871. The highest BCUT2D eigenvalue weighted by molar-refractivity contribution is 9.10. The van der Waals surface area contributed by atoms with Gasteiger partial charge in [-0.25, -0.2) is 5.43 Å². The van der Waals surface area contributed by atoms with Crippen molar-refractivity contribution < 1.29 is 23.9 Å². The standard InChI is InChI=1S/C24H29BrN4O5/c1-6-33-19-11-17(12-26-29-24(32)23(31)27-14(2)3)10-18(25)22(19)34-13-20(30)28-21-15(4)8-7-9-16(21)5/h7-12,14H,6,13H2,1-5H3,(H,27,31)(H,28,30)(H,29,32)/b26-12-. The minimum absolute atomic E-state index is 0.165. The number of halogens is 1. The Bertz CT molecular complexity index is 1070. The molecule has 9 nitrogen and oxygen atoms in total. The fourth-order valence-corrected chi connectivity index (χ4v) is 3.51. The molecule has 0 bridgehead atoms. The van der Waals surface area contributed by atoms with Crippen molar-refractivity contribution in [3.63, 3.8) is 0 Å². The molecule has 0 aromatic heterocycles. The van der Waals surface area contributed by atoms with E-state index >= 15 is 0 Å². The predicted molar refractivity (Wildman–Crippen MR) is 134 cm³/mol. The molecule has 0 saturated carbocycles. The van der Waals surface area contributed by atoms with E-state index in [9.17, 15) is 14.4 Å². The number of para-hydroxylation sites is 1. The lowest BCUT2D eigenvalue weighted by Crippen LogP contribution is -2.41. The number of benzene rings is 2. The van der Waals surface area contributed by atoms with Gasteiger partial charge in [-0.1, -0.05) is 18.2 Å². The van der Waals surface area contributed by atoms with Crippen LogP contribution in [0.25, 0.3) is 0 Å². The molecule has 3 amide bonds. The van der Waals surface area contributed by atoms with Gasteiger partial charge in [-0.05, 0) is 79.4 Å². The molecule has 0 aliphatic heterocycles. The Morgan fingerprint density at radius 3 is 2.38 bits per heavy atom. The quantitative estimate of drug-likeness (QED) is 0.259. The van der Waals surface area contributed by atoms with Crippen molar-refractivity contribution in [3.8, 4) is 11.5 Å². The number of hydrogen-bond acceptors (Lipinski definition) is 6. The third kappa shape index (κ3) is 7.87. The molecular formula is C24H29BrN4O5. The van der Waals surface area contributed by atoms with Crippen LogP contribution in [0.1, 0.15) is 37.5 Å². The Balaban J connectivity index is 2.08. The first-order valence-electron chi connectivity index (χ1n) is 10.7. The molecule has 0 heterocycles. The Morgan fingerprint density at radius 1 is 1.09 bits per heavy atom. The van der Waals surface area contributed by atoms with Gasteiger partial charge in [0, 0.05) is 11.7 Å². The highest BCUT2D eigenvalue weighted by Crippen LogP contribution is 2.36. The number of rotatable bonds is 9. The van der Waals surface area contributed by atoms with E-state index in [1.165, 1.54) is 6.21 Å². The number of nitrogens with zero attached hydrogens (tertiary/aromatic N) is 1. The first-order valence-corrected chi connectivity index (χ1v) is 11.5.